The van der Waals surface area contributed by atoms with Crippen LogP contribution in [-0.2, 0) is 26.3 Å². The molecule has 0 radical (unpaired) electrons. The van der Waals surface area contributed by atoms with E-state index in [2.05, 4.69) is 5.32 Å². The van der Waals surface area contributed by atoms with Crippen LogP contribution in [-0.4, -0.2) is 63.2 Å². The van der Waals surface area contributed by atoms with Crippen molar-refractivity contribution in [2.24, 2.45) is 0 Å². The molecule has 8 nitrogen and oxygen atoms in total. The van der Waals surface area contributed by atoms with Crippen LogP contribution in [0, 0.1) is 12.7 Å². The maximum Gasteiger partial charge on any atom is 0.304 e. The monoisotopic (exact) mass is 478 g/mol. The third-order valence-electron chi connectivity index (χ3n) is 5.21. The van der Waals surface area contributed by atoms with Gasteiger partial charge in [0.05, 0.1) is 5.69 Å². The molecule has 0 aromatic heterocycles. The molecule has 2 aromatic carbocycles. The van der Waals surface area contributed by atoms with Crippen LogP contribution in [0.25, 0.3) is 0 Å². The smallest absolute Gasteiger partial charge is 0.304 e. The summed E-state index contributed by atoms with van der Waals surface area (Å²) in [7, 11) is -0.121. The number of para-hydroxylation sites is 1. The molecule has 0 spiro atoms. The number of carbonyl (C=O) groups excluding carboxylic acids is 2. The minimum Gasteiger partial charge on any atom is -0.357 e. The van der Waals surface area contributed by atoms with E-state index in [1.165, 1.54) is 44.2 Å². The lowest BCUT2D eigenvalue weighted by molar-refractivity contribution is -0.140. The summed E-state index contributed by atoms with van der Waals surface area (Å²) < 4.78 is 42.2. The molecular weight excluding hydrogens is 447 g/mol. The van der Waals surface area contributed by atoms with E-state index >= 15 is 0 Å². The number of nitrogens with one attached hydrogen (secondary N) is 1. The summed E-state index contributed by atoms with van der Waals surface area (Å²) in [5, 5.41) is 2.56. The number of halogens is 1. The summed E-state index contributed by atoms with van der Waals surface area (Å²) in [5.74, 6) is -1.77. The van der Waals surface area contributed by atoms with E-state index in [0.717, 1.165) is 25.8 Å². The lowest BCUT2D eigenvalue weighted by atomic mass is 10.1. The second-order valence-electron chi connectivity index (χ2n) is 7.80. The minimum absolute atomic E-state index is 0.0968. The second kappa shape index (κ2) is 11.2. The van der Waals surface area contributed by atoms with Gasteiger partial charge in [-0.1, -0.05) is 48.9 Å². The van der Waals surface area contributed by atoms with Crippen LogP contribution in [0.15, 0.2) is 48.5 Å². The number of hydrogen-bond acceptors (Lipinski definition) is 4. The third kappa shape index (κ3) is 6.29. The van der Waals surface area contributed by atoms with Crippen LogP contribution >= 0.6 is 0 Å². The Bertz CT molecular complexity index is 1090. The minimum atomic E-state index is -4.20. The number of benzene rings is 2. The molecule has 1 atom stereocenters. The van der Waals surface area contributed by atoms with Crippen molar-refractivity contribution < 1.29 is 22.4 Å². The molecule has 0 aliphatic rings. The van der Waals surface area contributed by atoms with Gasteiger partial charge in [0.25, 0.3) is 0 Å². The first-order valence-corrected chi connectivity index (χ1v) is 11.9. The summed E-state index contributed by atoms with van der Waals surface area (Å²) in [6.07, 6.45) is 0.317. The van der Waals surface area contributed by atoms with E-state index in [9.17, 15) is 22.4 Å². The Balaban J connectivity index is 2.51. The molecule has 0 aliphatic carbocycles. The van der Waals surface area contributed by atoms with Crippen LogP contribution < -0.4 is 9.62 Å². The summed E-state index contributed by atoms with van der Waals surface area (Å²) in [6, 6.07) is 12.0. The van der Waals surface area contributed by atoms with Gasteiger partial charge >= 0.3 is 10.2 Å². The van der Waals surface area contributed by atoms with Gasteiger partial charge in [0.1, 0.15) is 18.4 Å². The fourth-order valence-corrected chi connectivity index (χ4v) is 4.51. The molecule has 0 bridgehead atoms. The predicted molar refractivity (Wildman–Crippen MR) is 126 cm³/mol. The first kappa shape index (κ1) is 26.3. The van der Waals surface area contributed by atoms with Crippen molar-refractivity contribution in [3.8, 4) is 0 Å². The van der Waals surface area contributed by atoms with Gasteiger partial charge in [-0.2, -0.15) is 12.7 Å². The number of carbonyl (C=O) groups is 2. The fourth-order valence-electron chi connectivity index (χ4n) is 3.45. The van der Waals surface area contributed by atoms with E-state index in [-0.39, 0.29) is 18.1 Å². The Labute approximate surface area is 195 Å². The number of hydrogen-bond donors (Lipinski definition) is 1. The van der Waals surface area contributed by atoms with E-state index in [1.807, 2.05) is 31.2 Å². The van der Waals surface area contributed by atoms with Gasteiger partial charge in [-0.3, -0.25) is 9.59 Å². The average molecular weight is 479 g/mol. The maximum absolute atomic E-state index is 14.6. The second-order valence-corrected chi connectivity index (χ2v) is 9.86. The van der Waals surface area contributed by atoms with Gasteiger partial charge in [0, 0.05) is 27.7 Å². The van der Waals surface area contributed by atoms with E-state index < -0.39 is 34.5 Å². The molecule has 33 heavy (non-hydrogen) atoms. The number of likely N-dealkylation sites (N-methyl/N-ethyl adjacent to an activating group) is 1. The molecule has 180 valence electrons. The first-order chi connectivity index (χ1) is 15.5. The van der Waals surface area contributed by atoms with Crippen LogP contribution in [0.3, 0.4) is 0 Å². The molecule has 1 N–H and O–H groups in total. The van der Waals surface area contributed by atoms with Crippen molar-refractivity contribution in [3.05, 3.63) is 65.5 Å². The lowest BCUT2D eigenvalue weighted by Crippen LogP contribution is -2.53. The molecule has 0 fully saturated rings. The third-order valence-corrected chi connectivity index (χ3v) is 7.01. The van der Waals surface area contributed by atoms with Gasteiger partial charge < -0.3 is 10.2 Å². The Morgan fingerprint density at radius 3 is 2.30 bits per heavy atom. The first-order valence-electron chi connectivity index (χ1n) is 10.5. The number of anilines is 1. The van der Waals surface area contributed by atoms with Crippen molar-refractivity contribution in [1.29, 1.82) is 0 Å². The summed E-state index contributed by atoms with van der Waals surface area (Å²) >= 11 is 0. The molecule has 2 aromatic rings. The van der Waals surface area contributed by atoms with Crippen LogP contribution in [0.1, 0.15) is 24.5 Å². The fraction of sp³-hybridized carbons (Fsp3) is 0.391. The van der Waals surface area contributed by atoms with E-state index in [1.54, 1.807) is 6.92 Å². The molecule has 2 amide bonds. The molecule has 0 aliphatic heterocycles. The van der Waals surface area contributed by atoms with Crippen LogP contribution in [0.5, 0.6) is 0 Å². The Kier molecular flexibility index (Phi) is 8.95. The zero-order valence-corrected chi connectivity index (χ0v) is 20.4. The number of aryl methyl sites for hydroxylation is 1. The van der Waals surface area contributed by atoms with Crippen molar-refractivity contribution in [1.82, 2.24) is 14.5 Å². The highest BCUT2D eigenvalue weighted by molar-refractivity contribution is 7.90. The Morgan fingerprint density at radius 1 is 1.09 bits per heavy atom. The topological polar surface area (TPSA) is 90.0 Å². The van der Waals surface area contributed by atoms with Crippen molar-refractivity contribution in [2.75, 3.05) is 32.0 Å². The summed E-state index contributed by atoms with van der Waals surface area (Å²) in [6.45, 7) is 3.11. The van der Waals surface area contributed by atoms with Crippen molar-refractivity contribution >= 4 is 27.7 Å². The van der Waals surface area contributed by atoms with Gasteiger partial charge in [-0.05, 0) is 31.0 Å². The van der Waals surface area contributed by atoms with Gasteiger partial charge in [0.2, 0.25) is 11.8 Å². The van der Waals surface area contributed by atoms with Crippen molar-refractivity contribution in [3.63, 3.8) is 0 Å². The molecular formula is C23H31FN4O4S. The SMILES string of the molecule is CCC(C(=O)NC)N(Cc1cccc(C)c1)C(=O)CN(c1ccccc1F)S(=O)(=O)N(C)C. The Morgan fingerprint density at radius 2 is 1.76 bits per heavy atom. The van der Waals surface area contributed by atoms with Gasteiger partial charge in [0.15, 0.2) is 0 Å². The quantitative estimate of drug-likeness (QED) is 0.568. The van der Waals surface area contributed by atoms with Gasteiger partial charge in [-0.15, -0.1) is 0 Å². The standard InChI is InChI=1S/C23H31FN4O4S/c1-6-20(23(30)25-3)27(15-18-11-9-10-17(2)14-18)22(29)16-28(33(31,32)26(4)5)21-13-8-7-12-19(21)24/h7-14,20H,6,15-16H2,1-5H3,(H,25,30). The number of rotatable bonds is 10. The Hall–Kier alpha value is -2.98. The lowest BCUT2D eigenvalue weighted by Gasteiger charge is -2.33. The molecule has 2 rings (SSSR count). The predicted octanol–water partition coefficient (Wildman–Crippen LogP) is 2.30. The highest BCUT2D eigenvalue weighted by Gasteiger charge is 2.34. The molecule has 0 saturated heterocycles. The largest absolute Gasteiger partial charge is 0.357 e. The van der Waals surface area contributed by atoms with Crippen LogP contribution in [0.4, 0.5) is 10.1 Å². The summed E-state index contributed by atoms with van der Waals surface area (Å²) in [5.41, 5.74) is 1.53. The number of nitrogens with zero attached hydrogens (tertiary/aromatic N) is 3. The maximum atomic E-state index is 14.6. The zero-order valence-electron chi connectivity index (χ0n) is 19.6. The molecule has 0 saturated carbocycles. The van der Waals surface area contributed by atoms with E-state index in [0.29, 0.717) is 6.42 Å². The van der Waals surface area contributed by atoms with Gasteiger partial charge in [-0.25, -0.2) is 8.70 Å². The van der Waals surface area contributed by atoms with Crippen molar-refractivity contribution in [2.45, 2.75) is 32.9 Å². The number of amides is 2. The van der Waals surface area contributed by atoms with E-state index in [4.69, 9.17) is 0 Å². The molecule has 1 unspecified atom stereocenters. The normalized spacial score (nSPS) is 12.3. The molecule has 10 heteroatoms. The zero-order chi connectivity index (χ0) is 24.8. The summed E-state index contributed by atoms with van der Waals surface area (Å²) in [4.78, 5) is 27.4. The van der Waals surface area contributed by atoms with Crippen LogP contribution in [0.2, 0.25) is 0 Å². The molecule has 0 heterocycles. The highest BCUT2D eigenvalue weighted by atomic mass is 32.2. The average Bonchev–Trinajstić information content (AvgIpc) is 2.77. The highest BCUT2D eigenvalue weighted by Crippen LogP contribution is 2.24.